The van der Waals surface area contributed by atoms with Crippen LogP contribution in [-0.4, -0.2) is 47.6 Å². The lowest BCUT2D eigenvalue weighted by Crippen LogP contribution is -2.55. The number of nitrogens with one attached hydrogen (secondary N) is 2. The van der Waals surface area contributed by atoms with E-state index in [2.05, 4.69) is 24.5 Å². The zero-order valence-electron chi connectivity index (χ0n) is 28.8. The summed E-state index contributed by atoms with van der Waals surface area (Å²) >= 11 is 0. The Morgan fingerprint density at radius 2 is 1.52 bits per heavy atom. The van der Waals surface area contributed by atoms with Gasteiger partial charge in [-0.2, -0.15) is 0 Å². The molecule has 8 heteroatoms. The topological polar surface area (TPSA) is 97.0 Å². The number of amides is 3. The minimum atomic E-state index is -0.986. The molecule has 0 aliphatic rings. The van der Waals surface area contributed by atoms with Gasteiger partial charge in [0.2, 0.25) is 5.91 Å². The van der Waals surface area contributed by atoms with Crippen LogP contribution in [0.2, 0.25) is 0 Å². The third kappa shape index (κ3) is 10.6. The van der Waals surface area contributed by atoms with Crippen molar-refractivity contribution in [1.82, 2.24) is 10.2 Å². The first kappa shape index (κ1) is 36.1. The van der Waals surface area contributed by atoms with E-state index < -0.39 is 23.8 Å². The second-order valence-electron chi connectivity index (χ2n) is 13.4. The van der Waals surface area contributed by atoms with E-state index in [1.165, 1.54) is 0 Å². The van der Waals surface area contributed by atoms with Crippen LogP contribution in [0.15, 0.2) is 72.8 Å². The van der Waals surface area contributed by atoms with Crippen LogP contribution in [0.25, 0.3) is 0 Å². The number of aryl methyl sites for hydroxylation is 2. The third-order valence-corrected chi connectivity index (χ3v) is 7.78. The van der Waals surface area contributed by atoms with Crippen LogP contribution in [0, 0.1) is 19.8 Å². The number of benzene rings is 3. The number of nitrogens with zero attached hydrogens (tertiary/aromatic N) is 1. The van der Waals surface area contributed by atoms with E-state index in [1.54, 1.807) is 57.0 Å². The number of hydrogen-bond donors (Lipinski definition) is 2. The summed E-state index contributed by atoms with van der Waals surface area (Å²) in [6, 6.07) is 20.3. The molecule has 0 heterocycles. The molecule has 3 aromatic rings. The number of rotatable bonds is 13. The molecule has 0 spiro atoms. The molecule has 0 saturated heterocycles. The van der Waals surface area contributed by atoms with Crippen LogP contribution in [-0.2, 0) is 20.7 Å². The molecule has 0 bridgehead atoms. The summed E-state index contributed by atoms with van der Waals surface area (Å²) in [6.45, 7) is 15.5. The molecule has 0 aliphatic carbocycles. The van der Waals surface area contributed by atoms with E-state index in [-0.39, 0.29) is 24.3 Å². The Hall–Kier alpha value is -4.33. The minimum Gasteiger partial charge on any atom is -0.497 e. The van der Waals surface area contributed by atoms with Crippen molar-refractivity contribution in [3.63, 3.8) is 0 Å². The van der Waals surface area contributed by atoms with E-state index in [1.807, 2.05) is 69.3 Å². The zero-order chi connectivity index (χ0) is 34.0. The summed E-state index contributed by atoms with van der Waals surface area (Å²) in [5.41, 5.74) is 3.28. The fourth-order valence-corrected chi connectivity index (χ4v) is 5.35. The molecule has 0 radical (unpaired) electrons. The highest BCUT2D eigenvalue weighted by atomic mass is 16.6. The van der Waals surface area contributed by atoms with Gasteiger partial charge in [0, 0.05) is 18.2 Å². The van der Waals surface area contributed by atoms with Gasteiger partial charge in [-0.15, -0.1) is 0 Å². The van der Waals surface area contributed by atoms with Crippen molar-refractivity contribution in [2.24, 2.45) is 5.92 Å². The van der Waals surface area contributed by atoms with Crippen LogP contribution in [0.4, 0.5) is 10.5 Å². The minimum absolute atomic E-state index is 0.228. The van der Waals surface area contributed by atoms with Crippen molar-refractivity contribution in [1.29, 1.82) is 0 Å². The molecule has 0 saturated carbocycles. The zero-order valence-corrected chi connectivity index (χ0v) is 28.8. The Kier molecular flexibility index (Phi) is 12.8. The van der Waals surface area contributed by atoms with Gasteiger partial charge in [-0.3, -0.25) is 9.59 Å². The van der Waals surface area contributed by atoms with Crippen molar-refractivity contribution in [3.05, 3.63) is 95.1 Å². The maximum absolute atomic E-state index is 14.9. The number of carbonyl (C=O) groups is 3. The molecule has 3 atom stereocenters. The fourth-order valence-electron chi connectivity index (χ4n) is 5.35. The standard InChI is InChI=1S/C38H51N3O5/c1-25(2)15-18-28(5)41(36(43)33(24-29-13-11-10-12-14-29)40-37(44)46-38(6,7)8)34(32-23-26(3)16-17-27(32)4)35(42)39-30-19-21-31(45-9)22-20-30/h10-14,16-17,19-23,25,28,33-34H,15,18,24H2,1-9H3,(H,39,42)(H,40,44). The maximum atomic E-state index is 14.9. The average Bonchev–Trinajstić information content (AvgIpc) is 2.99. The second kappa shape index (κ2) is 16.3. The smallest absolute Gasteiger partial charge is 0.408 e. The largest absolute Gasteiger partial charge is 0.497 e. The van der Waals surface area contributed by atoms with E-state index in [0.717, 1.165) is 28.7 Å². The Morgan fingerprint density at radius 1 is 0.870 bits per heavy atom. The van der Waals surface area contributed by atoms with Gasteiger partial charge in [0.25, 0.3) is 5.91 Å². The molecule has 0 aromatic heterocycles. The van der Waals surface area contributed by atoms with Gasteiger partial charge >= 0.3 is 6.09 Å². The third-order valence-electron chi connectivity index (χ3n) is 7.78. The van der Waals surface area contributed by atoms with E-state index >= 15 is 0 Å². The van der Waals surface area contributed by atoms with Crippen molar-refractivity contribution in [3.8, 4) is 5.75 Å². The lowest BCUT2D eigenvalue weighted by Gasteiger charge is -2.39. The van der Waals surface area contributed by atoms with Gasteiger partial charge < -0.3 is 25.0 Å². The Balaban J connectivity index is 2.16. The molecule has 3 rings (SSSR count). The van der Waals surface area contributed by atoms with Gasteiger partial charge in [-0.05, 0) is 101 Å². The molecular formula is C38H51N3O5. The molecular weight excluding hydrogens is 578 g/mol. The summed E-state index contributed by atoms with van der Waals surface area (Å²) in [6.07, 6.45) is 1.06. The van der Waals surface area contributed by atoms with Crippen LogP contribution < -0.4 is 15.4 Å². The Bertz CT molecular complexity index is 1450. The first-order valence-electron chi connectivity index (χ1n) is 16.1. The van der Waals surface area contributed by atoms with Gasteiger partial charge in [0.05, 0.1) is 7.11 Å². The molecule has 3 unspecified atom stereocenters. The number of ether oxygens (including phenoxy) is 2. The van der Waals surface area contributed by atoms with Gasteiger partial charge in [-0.1, -0.05) is 67.9 Å². The molecule has 3 amide bonds. The monoisotopic (exact) mass is 629 g/mol. The van der Waals surface area contributed by atoms with E-state index in [4.69, 9.17) is 9.47 Å². The molecule has 46 heavy (non-hydrogen) atoms. The first-order chi connectivity index (χ1) is 21.7. The molecule has 0 aliphatic heterocycles. The van der Waals surface area contributed by atoms with Crippen molar-refractivity contribution in [2.75, 3.05) is 12.4 Å². The normalized spacial score (nSPS) is 13.3. The Morgan fingerprint density at radius 3 is 2.11 bits per heavy atom. The van der Waals surface area contributed by atoms with Crippen LogP contribution in [0.1, 0.15) is 82.7 Å². The average molecular weight is 630 g/mol. The van der Waals surface area contributed by atoms with Gasteiger partial charge in [-0.25, -0.2) is 4.79 Å². The summed E-state index contributed by atoms with van der Waals surface area (Å²) < 4.78 is 10.9. The van der Waals surface area contributed by atoms with E-state index in [9.17, 15) is 14.4 Å². The van der Waals surface area contributed by atoms with Gasteiger partial charge in [0.15, 0.2) is 0 Å². The van der Waals surface area contributed by atoms with Crippen LogP contribution >= 0.6 is 0 Å². The maximum Gasteiger partial charge on any atom is 0.408 e. The summed E-state index contributed by atoms with van der Waals surface area (Å²) in [7, 11) is 1.59. The summed E-state index contributed by atoms with van der Waals surface area (Å²) in [4.78, 5) is 44.2. The second-order valence-corrected chi connectivity index (χ2v) is 13.4. The van der Waals surface area contributed by atoms with Crippen molar-refractivity contribution < 1.29 is 23.9 Å². The number of methoxy groups -OCH3 is 1. The predicted octanol–water partition coefficient (Wildman–Crippen LogP) is 7.78. The van der Waals surface area contributed by atoms with Crippen LogP contribution in [0.3, 0.4) is 0 Å². The number of alkyl carbamates (subject to hydrolysis) is 1. The molecule has 0 fully saturated rings. The molecule has 8 nitrogen and oxygen atoms in total. The summed E-state index contributed by atoms with van der Waals surface area (Å²) in [5, 5.41) is 5.91. The van der Waals surface area contributed by atoms with E-state index in [0.29, 0.717) is 23.8 Å². The summed E-state index contributed by atoms with van der Waals surface area (Å²) in [5.74, 6) is 0.355. The number of hydrogen-bond acceptors (Lipinski definition) is 5. The highest BCUT2D eigenvalue weighted by Gasteiger charge is 2.39. The lowest BCUT2D eigenvalue weighted by molar-refractivity contribution is -0.143. The quantitative estimate of drug-likeness (QED) is 0.201. The Labute approximate surface area is 274 Å². The molecule has 248 valence electrons. The van der Waals surface area contributed by atoms with Crippen LogP contribution in [0.5, 0.6) is 5.75 Å². The SMILES string of the molecule is COc1ccc(NC(=O)C(c2cc(C)ccc2C)N(C(=O)C(Cc2ccccc2)NC(=O)OC(C)(C)C)C(C)CCC(C)C)cc1. The lowest BCUT2D eigenvalue weighted by atomic mass is 9.93. The molecule has 2 N–H and O–H groups in total. The predicted molar refractivity (Wildman–Crippen MR) is 184 cm³/mol. The number of anilines is 1. The van der Waals surface area contributed by atoms with Crippen molar-refractivity contribution >= 4 is 23.6 Å². The molecule has 3 aromatic carbocycles. The highest BCUT2D eigenvalue weighted by molar-refractivity contribution is 5.99. The number of carbonyl (C=O) groups excluding carboxylic acids is 3. The highest BCUT2D eigenvalue weighted by Crippen LogP contribution is 2.32. The fraction of sp³-hybridized carbons (Fsp3) is 0.447. The van der Waals surface area contributed by atoms with Gasteiger partial charge in [0.1, 0.15) is 23.4 Å². The first-order valence-corrected chi connectivity index (χ1v) is 16.1. The van der Waals surface area contributed by atoms with Crippen molar-refractivity contribution in [2.45, 2.75) is 98.4 Å².